The van der Waals surface area contributed by atoms with E-state index in [2.05, 4.69) is 10.1 Å². The van der Waals surface area contributed by atoms with Gasteiger partial charge in [0, 0.05) is 18.5 Å². The number of fused-ring (bicyclic) bond motifs is 1. The Balaban J connectivity index is 2.09. The summed E-state index contributed by atoms with van der Waals surface area (Å²) >= 11 is 0. The predicted octanol–water partition coefficient (Wildman–Crippen LogP) is 4.45. The van der Waals surface area contributed by atoms with E-state index in [0.29, 0.717) is 41.2 Å². The Hall–Kier alpha value is -2.99. The van der Waals surface area contributed by atoms with E-state index in [-0.39, 0.29) is 5.82 Å². The van der Waals surface area contributed by atoms with E-state index in [1.54, 1.807) is 37.0 Å². The lowest BCUT2D eigenvalue weighted by Crippen LogP contribution is -2.41. The molecule has 8 heteroatoms. The van der Waals surface area contributed by atoms with Crippen molar-refractivity contribution in [1.82, 2.24) is 14.7 Å². The summed E-state index contributed by atoms with van der Waals surface area (Å²) in [6.45, 7) is 11.1. The fraction of sp³-hybridized carbons (Fsp3) is 0.476. The van der Waals surface area contributed by atoms with Crippen LogP contribution >= 0.6 is 0 Å². The zero-order valence-electron chi connectivity index (χ0n) is 17.5. The van der Waals surface area contributed by atoms with Crippen LogP contribution < -0.4 is 0 Å². The molecule has 0 N–H and O–H groups in total. The molecule has 1 aromatic carbocycles. The van der Waals surface area contributed by atoms with Crippen LogP contribution in [0.3, 0.4) is 0 Å². The third kappa shape index (κ3) is 3.93. The molecule has 0 spiro atoms. The van der Waals surface area contributed by atoms with Gasteiger partial charge in [0.1, 0.15) is 11.4 Å². The molecule has 0 radical (unpaired) electrons. The van der Waals surface area contributed by atoms with Crippen LogP contribution in [-0.2, 0) is 16.0 Å². The molecule has 0 bridgehead atoms. The quantitative estimate of drug-likeness (QED) is 0.551. The van der Waals surface area contributed by atoms with Crippen LogP contribution in [0, 0.1) is 19.7 Å². The highest BCUT2D eigenvalue weighted by molar-refractivity contribution is 5.70. The Morgan fingerprint density at radius 1 is 1.31 bits per heavy atom. The number of aryl methyl sites for hydroxylation is 2. The Labute approximate surface area is 169 Å². The molecular weight excluding hydrogens is 375 g/mol. The van der Waals surface area contributed by atoms with Gasteiger partial charge in [-0.25, -0.2) is 18.7 Å². The minimum atomic E-state index is -0.617. The van der Waals surface area contributed by atoms with Crippen LogP contribution in [0.1, 0.15) is 56.1 Å². The van der Waals surface area contributed by atoms with Gasteiger partial charge in [-0.2, -0.15) is 5.10 Å². The number of rotatable bonds is 2. The van der Waals surface area contributed by atoms with Crippen LogP contribution in [0.15, 0.2) is 17.1 Å². The maximum absolute atomic E-state index is 14.1. The maximum Gasteiger partial charge on any atom is 0.410 e. The van der Waals surface area contributed by atoms with Gasteiger partial charge in [-0.3, -0.25) is 0 Å². The number of benzene rings is 1. The Kier molecular flexibility index (Phi) is 5.32. The van der Waals surface area contributed by atoms with Crippen LogP contribution in [0.2, 0.25) is 0 Å². The molecule has 0 unspecified atom stereocenters. The van der Waals surface area contributed by atoms with Gasteiger partial charge in [-0.15, -0.1) is 4.99 Å². The molecule has 2 heterocycles. The number of aromatic nitrogens is 2. The zero-order valence-corrected chi connectivity index (χ0v) is 17.5. The van der Waals surface area contributed by atoms with Crippen LogP contribution in [-0.4, -0.2) is 39.0 Å². The van der Waals surface area contributed by atoms with Gasteiger partial charge in [0.25, 0.3) is 0 Å². The highest BCUT2D eigenvalue weighted by Gasteiger charge is 2.36. The fourth-order valence-electron chi connectivity index (χ4n) is 3.60. The first kappa shape index (κ1) is 20.7. The summed E-state index contributed by atoms with van der Waals surface area (Å²) in [4.78, 5) is 29.3. The number of amides is 1. The van der Waals surface area contributed by atoms with Gasteiger partial charge >= 0.3 is 6.09 Å². The van der Waals surface area contributed by atoms with Crippen molar-refractivity contribution in [3.05, 3.63) is 40.3 Å². The summed E-state index contributed by atoms with van der Waals surface area (Å²) < 4.78 is 21.1. The second-order valence-corrected chi connectivity index (χ2v) is 8.29. The first-order valence-corrected chi connectivity index (χ1v) is 9.50. The second kappa shape index (κ2) is 7.44. The highest BCUT2D eigenvalue weighted by Crippen LogP contribution is 2.38. The minimum absolute atomic E-state index is 0.282. The van der Waals surface area contributed by atoms with Crippen molar-refractivity contribution in [2.24, 2.45) is 4.99 Å². The van der Waals surface area contributed by atoms with Gasteiger partial charge in [0.05, 0.1) is 17.4 Å². The largest absolute Gasteiger partial charge is 0.444 e. The Bertz CT molecular complexity index is 993. The second-order valence-electron chi connectivity index (χ2n) is 8.29. The number of isocyanates is 1. The van der Waals surface area contributed by atoms with Gasteiger partial charge in [0.15, 0.2) is 5.82 Å². The van der Waals surface area contributed by atoms with Crippen molar-refractivity contribution < 1.29 is 18.7 Å². The van der Waals surface area contributed by atoms with Crippen molar-refractivity contribution >= 4 is 18.0 Å². The molecule has 29 heavy (non-hydrogen) atoms. The van der Waals surface area contributed by atoms with Crippen molar-refractivity contribution in [2.75, 3.05) is 6.54 Å². The molecule has 1 atom stereocenters. The van der Waals surface area contributed by atoms with Crippen LogP contribution in [0.5, 0.6) is 0 Å². The molecule has 2 aromatic rings. The Morgan fingerprint density at radius 2 is 1.93 bits per heavy atom. The van der Waals surface area contributed by atoms with Gasteiger partial charge < -0.3 is 9.64 Å². The monoisotopic (exact) mass is 400 g/mol. The number of hydrogen-bond donors (Lipinski definition) is 0. The van der Waals surface area contributed by atoms with Crippen molar-refractivity contribution in [3.63, 3.8) is 0 Å². The molecule has 0 saturated carbocycles. The molecule has 154 valence electrons. The summed E-state index contributed by atoms with van der Waals surface area (Å²) in [6, 6.07) is 2.92. The number of hydrogen-bond acceptors (Lipinski definition) is 5. The van der Waals surface area contributed by atoms with Gasteiger partial charge in [0.2, 0.25) is 6.08 Å². The molecule has 0 aliphatic carbocycles. The summed E-state index contributed by atoms with van der Waals surface area (Å²) in [5, 5.41) is 4.61. The molecule has 3 rings (SSSR count). The van der Waals surface area contributed by atoms with E-state index in [1.165, 1.54) is 4.68 Å². The summed E-state index contributed by atoms with van der Waals surface area (Å²) in [6.07, 6.45) is 1.64. The third-order valence-corrected chi connectivity index (χ3v) is 4.89. The maximum atomic E-state index is 14.1. The lowest BCUT2D eigenvalue weighted by molar-refractivity contribution is 0.0160. The molecule has 0 fully saturated rings. The van der Waals surface area contributed by atoms with E-state index in [4.69, 9.17) is 4.74 Å². The summed E-state index contributed by atoms with van der Waals surface area (Å²) in [5.74, 6) is 0.0109. The molecular formula is C21H25FN4O3. The highest BCUT2D eigenvalue weighted by atomic mass is 19.1. The smallest absolute Gasteiger partial charge is 0.410 e. The third-order valence-electron chi connectivity index (χ3n) is 4.89. The normalized spacial score (nSPS) is 16.2. The van der Waals surface area contributed by atoms with Crippen molar-refractivity contribution in [1.29, 1.82) is 0 Å². The lowest BCUT2D eigenvalue weighted by atomic mass is 10.00. The average Bonchev–Trinajstić information content (AvgIpc) is 2.97. The van der Waals surface area contributed by atoms with Crippen LogP contribution in [0.25, 0.3) is 5.69 Å². The number of carbonyl (C=O) groups is 1. The summed E-state index contributed by atoms with van der Waals surface area (Å²) in [7, 11) is 0. The Morgan fingerprint density at radius 3 is 2.48 bits per heavy atom. The van der Waals surface area contributed by atoms with Gasteiger partial charge in [-0.1, -0.05) is 0 Å². The SMILES string of the molecule is Cc1cc(-n2nc3c(c2N=C=O)[C@H](C)N(C(=O)OC(C)(C)C)CC3)cc(C)c1F. The van der Waals surface area contributed by atoms with Crippen molar-refractivity contribution in [3.8, 4) is 5.69 Å². The first-order chi connectivity index (χ1) is 13.5. The minimum Gasteiger partial charge on any atom is -0.444 e. The zero-order chi connectivity index (χ0) is 21.5. The number of nitrogens with zero attached hydrogens (tertiary/aromatic N) is 4. The fourth-order valence-corrected chi connectivity index (χ4v) is 3.60. The number of halogens is 1. The van der Waals surface area contributed by atoms with Crippen LogP contribution in [0.4, 0.5) is 15.0 Å². The predicted molar refractivity (Wildman–Crippen MR) is 106 cm³/mol. The first-order valence-electron chi connectivity index (χ1n) is 9.50. The number of aliphatic imine (C=N–C) groups is 1. The molecule has 0 saturated heterocycles. The lowest BCUT2D eigenvalue weighted by Gasteiger charge is -2.34. The standard InChI is InChI=1S/C21H25FN4O3/c1-12-9-15(10-13(2)18(12)22)26-19(23-11-27)17-14(3)25(8-7-16(17)24-26)20(28)29-21(4,5)6/h9-10,14H,7-8H2,1-6H3/t14-/m0/s1. The molecule has 1 aliphatic rings. The number of ether oxygens (including phenoxy) is 1. The van der Waals surface area contributed by atoms with Crippen molar-refractivity contribution in [2.45, 2.75) is 59.6 Å². The summed E-state index contributed by atoms with van der Waals surface area (Å²) in [5.41, 5.74) is 2.33. The van der Waals surface area contributed by atoms with E-state index < -0.39 is 17.7 Å². The molecule has 1 aromatic heterocycles. The van der Waals surface area contributed by atoms with E-state index in [1.807, 2.05) is 27.7 Å². The van der Waals surface area contributed by atoms with E-state index >= 15 is 0 Å². The topological polar surface area (TPSA) is 76.8 Å². The van der Waals surface area contributed by atoms with E-state index in [0.717, 1.165) is 5.69 Å². The number of carbonyl (C=O) groups excluding carboxylic acids is 2. The van der Waals surface area contributed by atoms with E-state index in [9.17, 15) is 14.0 Å². The van der Waals surface area contributed by atoms with Gasteiger partial charge in [-0.05, 0) is 64.8 Å². The molecule has 7 nitrogen and oxygen atoms in total. The molecule has 1 aliphatic heterocycles. The molecule has 1 amide bonds. The average molecular weight is 400 g/mol.